The van der Waals surface area contributed by atoms with Crippen molar-refractivity contribution in [3.63, 3.8) is 0 Å². The van der Waals surface area contributed by atoms with Crippen molar-refractivity contribution >= 4 is 5.97 Å². The number of ether oxygens (including phenoxy) is 1. The van der Waals surface area contributed by atoms with Gasteiger partial charge < -0.3 is 4.74 Å². The molecule has 0 spiro atoms. The third-order valence-electron chi connectivity index (χ3n) is 14.3. The van der Waals surface area contributed by atoms with Crippen LogP contribution in [-0.2, 0) is 9.53 Å². The minimum absolute atomic E-state index is 0.0926. The van der Waals surface area contributed by atoms with Crippen LogP contribution in [0.25, 0.3) is 0 Å². The number of allylic oxidation sites excluding steroid dienone is 2. The van der Waals surface area contributed by atoms with Crippen LogP contribution in [0.3, 0.4) is 0 Å². The summed E-state index contributed by atoms with van der Waals surface area (Å²) in [7, 11) is 0. The maximum absolute atomic E-state index is 12.2. The van der Waals surface area contributed by atoms with Gasteiger partial charge in [-0.1, -0.05) is 76.5 Å². The number of hydrogen-bond donors (Lipinski definition) is 0. The van der Waals surface area contributed by atoms with E-state index in [1.807, 2.05) is 5.57 Å². The van der Waals surface area contributed by atoms with E-state index in [0.717, 1.165) is 60.6 Å². The Labute approximate surface area is 284 Å². The molecule has 0 radical (unpaired) electrons. The van der Waals surface area contributed by atoms with Crippen LogP contribution < -0.4 is 0 Å². The van der Waals surface area contributed by atoms with Crippen molar-refractivity contribution in [1.29, 1.82) is 0 Å². The molecule has 3 heteroatoms. The number of carbonyl (C=O) groups excluding carboxylic acids is 1. The van der Waals surface area contributed by atoms with E-state index in [4.69, 9.17) is 4.74 Å². The standard InChI is InChI=1S/C43H71NO2/c1-31(2)43(45)46-41-28-20-37(21-29-41)42(36-12-8-5-9-13-36)30-33-16-24-39(25-17-33)44(38-22-14-32(3)15-23-38)40-26-18-35(19-27-40)34-10-6-4-7-11-34/h30,32-41H,1,4-29H2,2-3H3. The highest BCUT2D eigenvalue weighted by atomic mass is 16.5. The molecule has 6 saturated carbocycles. The largest absolute Gasteiger partial charge is 0.459 e. The van der Waals surface area contributed by atoms with Crippen molar-refractivity contribution in [3.8, 4) is 0 Å². The molecule has 0 atom stereocenters. The summed E-state index contributed by atoms with van der Waals surface area (Å²) >= 11 is 0. The highest BCUT2D eigenvalue weighted by Crippen LogP contribution is 2.45. The average Bonchev–Trinajstić information content (AvgIpc) is 3.10. The van der Waals surface area contributed by atoms with Crippen molar-refractivity contribution in [2.24, 2.45) is 35.5 Å². The van der Waals surface area contributed by atoms with E-state index in [2.05, 4.69) is 24.5 Å². The first-order valence-electron chi connectivity index (χ1n) is 20.8. The van der Waals surface area contributed by atoms with Gasteiger partial charge in [0, 0.05) is 23.7 Å². The Bertz CT molecular complexity index is 972. The Morgan fingerprint density at radius 2 is 1.07 bits per heavy atom. The normalized spacial score (nSPS) is 37.6. The van der Waals surface area contributed by atoms with Crippen molar-refractivity contribution in [3.05, 3.63) is 23.8 Å². The maximum atomic E-state index is 12.2. The van der Waals surface area contributed by atoms with Gasteiger partial charge in [-0.15, -0.1) is 0 Å². The molecule has 0 aromatic rings. The lowest BCUT2D eigenvalue weighted by Gasteiger charge is -2.50. The summed E-state index contributed by atoms with van der Waals surface area (Å²) in [6, 6.07) is 2.55. The lowest BCUT2D eigenvalue weighted by molar-refractivity contribution is -0.145. The summed E-state index contributed by atoms with van der Waals surface area (Å²) in [5.41, 5.74) is 2.37. The predicted octanol–water partition coefficient (Wildman–Crippen LogP) is 11.7. The van der Waals surface area contributed by atoms with E-state index in [-0.39, 0.29) is 12.1 Å². The highest BCUT2D eigenvalue weighted by molar-refractivity contribution is 5.87. The Hall–Kier alpha value is -1.09. The van der Waals surface area contributed by atoms with Crippen LogP contribution >= 0.6 is 0 Å². The van der Waals surface area contributed by atoms with Gasteiger partial charge in [0.15, 0.2) is 0 Å². The topological polar surface area (TPSA) is 29.5 Å². The summed E-state index contributed by atoms with van der Waals surface area (Å²) in [5.74, 6) is 5.14. The van der Waals surface area contributed by atoms with E-state index in [1.165, 1.54) is 154 Å². The van der Waals surface area contributed by atoms with Gasteiger partial charge in [0.25, 0.3) is 0 Å². The van der Waals surface area contributed by atoms with Crippen LogP contribution in [0.4, 0.5) is 0 Å². The summed E-state index contributed by atoms with van der Waals surface area (Å²) < 4.78 is 5.79. The number of esters is 1. The van der Waals surface area contributed by atoms with Gasteiger partial charge in [0.1, 0.15) is 6.10 Å². The molecule has 260 valence electrons. The molecule has 6 fully saturated rings. The molecule has 0 heterocycles. The first-order valence-corrected chi connectivity index (χ1v) is 20.8. The van der Waals surface area contributed by atoms with Gasteiger partial charge in [-0.3, -0.25) is 4.90 Å². The molecule has 0 saturated heterocycles. The lowest BCUT2D eigenvalue weighted by atomic mass is 9.70. The zero-order valence-electron chi connectivity index (χ0n) is 30.2. The van der Waals surface area contributed by atoms with Gasteiger partial charge >= 0.3 is 5.97 Å². The van der Waals surface area contributed by atoms with E-state index in [0.29, 0.717) is 11.5 Å². The zero-order chi connectivity index (χ0) is 31.9. The second-order valence-corrected chi connectivity index (χ2v) is 17.6. The van der Waals surface area contributed by atoms with Crippen LogP contribution in [-0.4, -0.2) is 35.1 Å². The molecule has 0 aromatic heterocycles. The van der Waals surface area contributed by atoms with E-state index in [9.17, 15) is 4.79 Å². The van der Waals surface area contributed by atoms with Crippen LogP contribution in [0.2, 0.25) is 0 Å². The molecule has 0 bridgehead atoms. The van der Waals surface area contributed by atoms with E-state index >= 15 is 0 Å². The number of hydrogen-bond acceptors (Lipinski definition) is 3. The quantitative estimate of drug-likeness (QED) is 0.144. The molecule has 0 amide bonds. The zero-order valence-corrected chi connectivity index (χ0v) is 30.2. The minimum Gasteiger partial charge on any atom is -0.459 e. The fourth-order valence-corrected chi connectivity index (χ4v) is 11.6. The summed E-state index contributed by atoms with van der Waals surface area (Å²) in [4.78, 5) is 15.4. The molecule has 0 unspecified atom stereocenters. The Kier molecular flexibility index (Phi) is 12.9. The molecule has 6 rings (SSSR count). The van der Waals surface area contributed by atoms with Crippen LogP contribution in [0.1, 0.15) is 181 Å². The number of rotatable bonds is 9. The smallest absolute Gasteiger partial charge is 0.333 e. The van der Waals surface area contributed by atoms with Gasteiger partial charge in [-0.2, -0.15) is 0 Å². The fourth-order valence-electron chi connectivity index (χ4n) is 11.6. The van der Waals surface area contributed by atoms with E-state index < -0.39 is 0 Å². The molecule has 6 aliphatic rings. The fraction of sp³-hybridized carbons (Fsp3) is 0.884. The molecule has 3 nitrogen and oxygen atoms in total. The SMILES string of the molecule is C=C(C)C(=O)OC1CCC(C(=CC2CCC(N(C3CCC(C)CC3)C3CCC(C4CCCCC4)CC3)CC2)C2CCCCC2)CC1. The second-order valence-electron chi connectivity index (χ2n) is 17.6. The number of carbonyl (C=O) groups is 1. The third kappa shape index (κ3) is 9.12. The van der Waals surface area contributed by atoms with Gasteiger partial charge in [0.05, 0.1) is 0 Å². The summed E-state index contributed by atoms with van der Waals surface area (Å²) in [6.45, 7) is 8.06. The monoisotopic (exact) mass is 634 g/mol. The molecule has 0 aromatic carbocycles. The van der Waals surface area contributed by atoms with E-state index in [1.54, 1.807) is 6.92 Å². The van der Waals surface area contributed by atoms with Gasteiger partial charge in [-0.25, -0.2) is 4.79 Å². The Balaban J connectivity index is 1.08. The van der Waals surface area contributed by atoms with Crippen LogP contribution in [0.15, 0.2) is 23.8 Å². The van der Waals surface area contributed by atoms with Crippen molar-refractivity contribution in [1.82, 2.24) is 4.90 Å². The van der Waals surface area contributed by atoms with Crippen molar-refractivity contribution < 1.29 is 9.53 Å². The maximum Gasteiger partial charge on any atom is 0.333 e. The van der Waals surface area contributed by atoms with Gasteiger partial charge in [-0.05, 0) is 158 Å². The predicted molar refractivity (Wildman–Crippen MR) is 193 cm³/mol. The second kappa shape index (κ2) is 17.0. The molecule has 46 heavy (non-hydrogen) atoms. The first-order chi connectivity index (χ1) is 22.4. The highest BCUT2D eigenvalue weighted by Gasteiger charge is 2.39. The summed E-state index contributed by atoms with van der Waals surface area (Å²) in [5, 5.41) is 0. The molecule has 6 aliphatic carbocycles. The number of nitrogens with zero attached hydrogens (tertiary/aromatic N) is 1. The van der Waals surface area contributed by atoms with Crippen LogP contribution in [0, 0.1) is 35.5 Å². The molecular formula is C43H71NO2. The summed E-state index contributed by atoms with van der Waals surface area (Å²) in [6.07, 6.45) is 39.5. The Morgan fingerprint density at radius 1 is 0.587 bits per heavy atom. The molecule has 0 aliphatic heterocycles. The molecule has 0 N–H and O–H groups in total. The van der Waals surface area contributed by atoms with Crippen molar-refractivity contribution in [2.45, 2.75) is 205 Å². The van der Waals surface area contributed by atoms with Crippen molar-refractivity contribution in [2.75, 3.05) is 0 Å². The van der Waals surface area contributed by atoms with Gasteiger partial charge in [0.2, 0.25) is 0 Å². The first kappa shape index (κ1) is 34.8. The molecular weight excluding hydrogens is 562 g/mol. The Morgan fingerprint density at radius 3 is 1.63 bits per heavy atom. The third-order valence-corrected chi connectivity index (χ3v) is 14.3. The minimum atomic E-state index is -0.197. The van der Waals surface area contributed by atoms with Crippen LogP contribution in [0.5, 0.6) is 0 Å². The average molecular weight is 634 g/mol. The lowest BCUT2D eigenvalue weighted by Crippen LogP contribution is -2.52.